The molecule has 1 aromatic rings. The molecule has 0 amide bonds. The summed E-state index contributed by atoms with van der Waals surface area (Å²) in [7, 11) is 0. The molecule has 0 spiro atoms. The summed E-state index contributed by atoms with van der Waals surface area (Å²) in [6.07, 6.45) is 8.38. The summed E-state index contributed by atoms with van der Waals surface area (Å²) in [6, 6.07) is 0. The van der Waals surface area contributed by atoms with Crippen molar-refractivity contribution in [3.05, 3.63) is 12.7 Å². The van der Waals surface area contributed by atoms with Crippen molar-refractivity contribution in [3.63, 3.8) is 0 Å². The van der Waals surface area contributed by atoms with Gasteiger partial charge >= 0.3 is 0 Å². The van der Waals surface area contributed by atoms with Gasteiger partial charge in [-0.05, 0) is 40.2 Å². The van der Waals surface area contributed by atoms with Gasteiger partial charge in [0.25, 0.3) is 0 Å². The predicted molar refractivity (Wildman–Crippen MR) is 66.2 cm³/mol. The second-order valence-corrected chi connectivity index (χ2v) is 5.25. The van der Waals surface area contributed by atoms with Crippen molar-refractivity contribution in [1.82, 2.24) is 20.1 Å². The molecule has 1 heterocycles. The van der Waals surface area contributed by atoms with Crippen LogP contribution < -0.4 is 5.32 Å². The normalized spacial score (nSPS) is 11.9. The van der Waals surface area contributed by atoms with E-state index in [9.17, 15) is 0 Å². The summed E-state index contributed by atoms with van der Waals surface area (Å²) in [5, 5.41) is 7.57. The molecule has 0 aliphatic rings. The minimum atomic E-state index is 0.251. The van der Waals surface area contributed by atoms with E-state index in [0.29, 0.717) is 0 Å². The van der Waals surface area contributed by atoms with Crippen molar-refractivity contribution in [2.45, 2.75) is 58.5 Å². The summed E-state index contributed by atoms with van der Waals surface area (Å²) < 4.78 is 1.90. The molecule has 16 heavy (non-hydrogen) atoms. The Balaban J connectivity index is 1.89. The van der Waals surface area contributed by atoms with Crippen LogP contribution in [0.25, 0.3) is 0 Å². The van der Waals surface area contributed by atoms with Crippen LogP contribution in [-0.4, -0.2) is 26.8 Å². The number of nitrogens with one attached hydrogen (secondary N) is 1. The first kappa shape index (κ1) is 13.2. The number of nitrogens with zero attached hydrogens (tertiary/aromatic N) is 3. The molecule has 92 valence electrons. The first-order valence-electron chi connectivity index (χ1n) is 6.15. The summed E-state index contributed by atoms with van der Waals surface area (Å²) in [5.41, 5.74) is 0.251. The van der Waals surface area contributed by atoms with Gasteiger partial charge in [-0.3, -0.25) is 4.68 Å². The molecule has 0 bridgehead atoms. The Labute approximate surface area is 98.5 Å². The SMILES string of the molecule is CC(C)(C)NCCCCCCn1cncn1. The van der Waals surface area contributed by atoms with Crippen molar-refractivity contribution < 1.29 is 0 Å². The summed E-state index contributed by atoms with van der Waals surface area (Å²) in [5.74, 6) is 0. The molecule has 0 saturated carbocycles. The maximum absolute atomic E-state index is 4.08. The molecule has 0 unspecified atom stereocenters. The fourth-order valence-corrected chi connectivity index (χ4v) is 1.56. The Kier molecular flexibility index (Phi) is 5.46. The van der Waals surface area contributed by atoms with E-state index in [0.717, 1.165) is 13.1 Å². The zero-order valence-electron chi connectivity index (χ0n) is 10.7. The number of unbranched alkanes of at least 4 members (excludes halogenated alkanes) is 3. The largest absolute Gasteiger partial charge is 0.312 e. The average Bonchev–Trinajstić information content (AvgIpc) is 2.67. The van der Waals surface area contributed by atoms with Crippen molar-refractivity contribution in [1.29, 1.82) is 0 Å². The second-order valence-electron chi connectivity index (χ2n) is 5.25. The highest BCUT2D eigenvalue weighted by Gasteiger charge is 2.06. The van der Waals surface area contributed by atoms with Crippen molar-refractivity contribution in [2.75, 3.05) is 6.54 Å². The number of aromatic nitrogens is 3. The Bertz CT molecular complexity index is 261. The molecular formula is C12H24N4. The molecule has 1 rings (SSSR count). The summed E-state index contributed by atoms with van der Waals surface area (Å²) in [4.78, 5) is 3.92. The molecule has 0 atom stereocenters. The third-order valence-electron chi connectivity index (χ3n) is 2.44. The maximum atomic E-state index is 4.08. The zero-order chi connectivity index (χ0) is 11.9. The predicted octanol–water partition coefficient (Wildman–Crippen LogP) is 2.23. The van der Waals surface area contributed by atoms with Crippen molar-refractivity contribution in [3.8, 4) is 0 Å². The fourth-order valence-electron chi connectivity index (χ4n) is 1.56. The van der Waals surface area contributed by atoms with E-state index in [-0.39, 0.29) is 5.54 Å². The van der Waals surface area contributed by atoms with Gasteiger partial charge in [0.2, 0.25) is 0 Å². The minimum absolute atomic E-state index is 0.251. The lowest BCUT2D eigenvalue weighted by Crippen LogP contribution is -2.36. The van der Waals surface area contributed by atoms with E-state index in [2.05, 4.69) is 36.2 Å². The molecule has 0 aliphatic carbocycles. The molecule has 4 nitrogen and oxygen atoms in total. The van der Waals surface area contributed by atoms with Gasteiger partial charge in [-0.2, -0.15) is 5.10 Å². The van der Waals surface area contributed by atoms with Crippen LogP contribution in [0.5, 0.6) is 0 Å². The van der Waals surface area contributed by atoms with Crippen LogP contribution in [0.2, 0.25) is 0 Å². The van der Waals surface area contributed by atoms with Gasteiger partial charge in [-0.25, -0.2) is 4.98 Å². The van der Waals surface area contributed by atoms with Crippen LogP contribution in [0.4, 0.5) is 0 Å². The average molecular weight is 224 g/mol. The zero-order valence-corrected chi connectivity index (χ0v) is 10.7. The van der Waals surface area contributed by atoms with Crippen LogP contribution in [0, 0.1) is 0 Å². The van der Waals surface area contributed by atoms with Crippen molar-refractivity contribution in [2.24, 2.45) is 0 Å². The lowest BCUT2D eigenvalue weighted by atomic mass is 10.1. The van der Waals surface area contributed by atoms with Gasteiger partial charge in [0.1, 0.15) is 12.7 Å². The quantitative estimate of drug-likeness (QED) is 0.722. The third-order valence-corrected chi connectivity index (χ3v) is 2.44. The van der Waals surface area contributed by atoms with E-state index in [1.54, 1.807) is 12.7 Å². The molecule has 4 heteroatoms. The number of hydrogen-bond acceptors (Lipinski definition) is 3. The molecule has 0 aromatic carbocycles. The first-order chi connectivity index (χ1) is 7.58. The minimum Gasteiger partial charge on any atom is -0.312 e. The molecule has 0 radical (unpaired) electrons. The third kappa shape index (κ3) is 6.56. The Hall–Kier alpha value is -0.900. The van der Waals surface area contributed by atoms with Gasteiger partial charge in [0.15, 0.2) is 0 Å². The molecule has 0 fully saturated rings. The highest BCUT2D eigenvalue weighted by molar-refractivity contribution is 4.69. The van der Waals surface area contributed by atoms with Gasteiger partial charge < -0.3 is 5.32 Å². The van der Waals surface area contributed by atoms with E-state index >= 15 is 0 Å². The van der Waals surface area contributed by atoms with E-state index in [1.165, 1.54) is 25.7 Å². The molecule has 0 saturated heterocycles. The van der Waals surface area contributed by atoms with E-state index < -0.39 is 0 Å². The lowest BCUT2D eigenvalue weighted by molar-refractivity contribution is 0.414. The van der Waals surface area contributed by atoms with Crippen LogP contribution in [0.3, 0.4) is 0 Å². The fraction of sp³-hybridized carbons (Fsp3) is 0.833. The van der Waals surface area contributed by atoms with Gasteiger partial charge in [0.05, 0.1) is 0 Å². The summed E-state index contributed by atoms with van der Waals surface area (Å²) in [6.45, 7) is 8.73. The first-order valence-corrected chi connectivity index (χ1v) is 6.15. The van der Waals surface area contributed by atoms with Crippen LogP contribution >= 0.6 is 0 Å². The Morgan fingerprint density at radius 1 is 1.12 bits per heavy atom. The van der Waals surface area contributed by atoms with Gasteiger partial charge in [0, 0.05) is 12.1 Å². The molecule has 0 aliphatic heterocycles. The van der Waals surface area contributed by atoms with Gasteiger partial charge in [-0.1, -0.05) is 12.8 Å². The second kappa shape index (κ2) is 6.63. The standard InChI is InChI=1S/C12H24N4/c1-12(2,3)14-8-6-4-5-7-9-16-11-13-10-15-16/h10-11,14H,4-9H2,1-3H3. The summed E-state index contributed by atoms with van der Waals surface area (Å²) >= 11 is 0. The Morgan fingerprint density at radius 3 is 2.50 bits per heavy atom. The van der Waals surface area contributed by atoms with E-state index in [1.807, 2.05) is 4.68 Å². The number of aryl methyl sites for hydroxylation is 1. The topological polar surface area (TPSA) is 42.7 Å². The number of rotatable bonds is 7. The smallest absolute Gasteiger partial charge is 0.137 e. The van der Waals surface area contributed by atoms with Crippen LogP contribution in [-0.2, 0) is 6.54 Å². The van der Waals surface area contributed by atoms with Crippen LogP contribution in [0.15, 0.2) is 12.7 Å². The highest BCUT2D eigenvalue weighted by Crippen LogP contribution is 2.03. The Morgan fingerprint density at radius 2 is 1.88 bits per heavy atom. The number of hydrogen-bond donors (Lipinski definition) is 1. The monoisotopic (exact) mass is 224 g/mol. The molecule has 1 N–H and O–H groups in total. The highest BCUT2D eigenvalue weighted by atomic mass is 15.3. The maximum Gasteiger partial charge on any atom is 0.137 e. The van der Waals surface area contributed by atoms with Crippen molar-refractivity contribution >= 4 is 0 Å². The molecule has 1 aromatic heterocycles. The van der Waals surface area contributed by atoms with Crippen LogP contribution in [0.1, 0.15) is 46.5 Å². The van der Waals surface area contributed by atoms with E-state index in [4.69, 9.17) is 0 Å². The molecular weight excluding hydrogens is 200 g/mol. The van der Waals surface area contributed by atoms with Gasteiger partial charge in [-0.15, -0.1) is 0 Å². The lowest BCUT2D eigenvalue weighted by Gasteiger charge is -2.20.